The third-order valence-corrected chi connectivity index (χ3v) is 3.84. The van der Waals surface area contributed by atoms with Gasteiger partial charge in [-0.25, -0.2) is 9.97 Å². The molecule has 7 heteroatoms. The Morgan fingerprint density at radius 2 is 2.38 bits per heavy atom. The number of hydrogen-bond acceptors (Lipinski definition) is 6. The Morgan fingerprint density at radius 1 is 1.57 bits per heavy atom. The quantitative estimate of drug-likeness (QED) is 0.483. The molecule has 0 amide bonds. The summed E-state index contributed by atoms with van der Waals surface area (Å²) in [6, 6.07) is 3.93. The van der Waals surface area contributed by atoms with Crippen LogP contribution in [0.15, 0.2) is 29.7 Å². The molecular weight excluding hydrogens is 288 g/mol. The first kappa shape index (κ1) is 15.4. The fraction of sp³-hybridized carbons (Fsp3) is 0.357. The lowest BCUT2D eigenvalue weighted by Gasteiger charge is -2.12. The third-order valence-electron chi connectivity index (χ3n) is 3.01. The first-order valence-corrected chi connectivity index (χ1v) is 7.64. The van der Waals surface area contributed by atoms with Crippen molar-refractivity contribution < 1.29 is 9.53 Å². The fourth-order valence-electron chi connectivity index (χ4n) is 1.90. The highest BCUT2D eigenvalue weighted by Crippen LogP contribution is 2.27. The number of carbonyl (C=O) groups is 1. The molecule has 1 atom stereocenters. The number of ether oxygens (including phenoxy) is 1. The van der Waals surface area contributed by atoms with Crippen molar-refractivity contribution in [3.8, 4) is 0 Å². The predicted molar refractivity (Wildman–Crippen MR) is 82.1 cm³/mol. The second-order valence-electron chi connectivity index (χ2n) is 4.43. The summed E-state index contributed by atoms with van der Waals surface area (Å²) < 4.78 is 4.85. The molecule has 2 aromatic heterocycles. The summed E-state index contributed by atoms with van der Waals surface area (Å²) in [6.07, 6.45) is 3.58. The van der Waals surface area contributed by atoms with Crippen LogP contribution in [0.3, 0.4) is 0 Å². The third kappa shape index (κ3) is 3.98. The average molecular weight is 306 g/mol. The number of nitrogens with two attached hydrogens (primary N) is 1. The van der Waals surface area contributed by atoms with Gasteiger partial charge in [-0.3, -0.25) is 4.79 Å². The summed E-state index contributed by atoms with van der Waals surface area (Å²) in [5.74, 6) is 0.412. The summed E-state index contributed by atoms with van der Waals surface area (Å²) in [6.45, 7) is 4.18. The number of anilines is 1. The second-order valence-corrected chi connectivity index (χ2v) is 5.38. The molecule has 0 aliphatic carbocycles. The number of nitrogen functional groups attached to an aromatic ring is 1. The SMILES string of the molecule is CCOC(=O)CSc1ncc(C(C)c2ccc[nH]2)c(N)n1. The first-order chi connectivity index (χ1) is 10.1. The van der Waals surface area contributed by atoms with Gasteiger partial charge in [-0.2, -0.15) is 0 Å². The minimum Gasteiger partial charge on any atom is -0.465 e. The molecule has 6 nitrogen and oxygen atoms in total. The van der Waals surface area contributed by atoms with Crippen molar-refractivity contribution in [1.82, 2.24) is 15.0 Å². The minimum atomic E-state index is -0.284. The van der Waals surface area contributed by atoms with Crippen LogP contribution in [-0.2, 0) is 9.53 Å². The van der Waals surface area contributed by atoms with E-state index in [1.165, 1.54) is 11.8 Å². The number of rotatable bonds is 6. The number of H-pyrrole nitrogens is 1. The maximum atomic E-state index is 11.3. The van der Waals surface area contributed by atoms with Gasteiger partial charge in [0.15, 0.2) is 5.16 Å². The Labute approximate surface area is 127 Å². The fourth-order valence-corrected chi connectivity index (χ4v) is 2.52. The van der Waals surface area contributed by atoms with Crippen molar-refractivity contribution in [1.29, 1.82) is 0 Å². The van der Waals surface area contributed by atoms with Crippen LogP contribution in [0.25, 0.3) is 0 Å². The van der Waals surface area contributed by atoms with E-state index >= 15 is 0 Å². The van der Waals surface area contributed by atoms with E-state index in [4.69, 9.17) is 10.5 Å². The Hall–Kier alpha value is -2.02. The van der Waals surface area contributed by atoms with Gasteiger partial charge in [0.05, 0.1) is 12.4 Å². The first-order valence-electron chi connectivity index (χ1n) is 6.66. The average Bonchev–Trinajstić information content (AvgIpc) is 2.99. The molecule has 2 heterocycles. The number of nitrogens with zero attached hydrogens (tertiary/aromatic N) is 2. The maximum Gasteiger partial charge on any atom is 0.316 e. The predicted octanol–water partition coefficient (Wildman–Crippen LogP) is 2.19. The molecule has 0 bridgehead atoms. The lowest BCUT2D eigenvalue weighted by atomic mass is 10.0. The zero-order valence-electron chi connectivity index (χ0n) is 12.0. The summed E-state index contributed by atoms with van der Waals surface area (Å²) in [4.78, 5) is 22.9. The number of esters is 1. The van der Waals surface area contributed by atoms with Crippen LogP contribution in [-0.4, -0.2) is 33.3 Å². The molecule has 0 aliphatic heterocycles. The molecule has 0 spiro atoms. The molecule has 2 rings (SSSR count). The maximum absolute atomic E-state index is 11.3. The number of hydrogen-bond donors (Lipinski definition) is 2. The van der Waals surface area contributed by atoms with Crippen molar-refractivity contribution in [2.75, 3.05) is 18.1 Å². The standard InChI is InChI=1S/C14H18N4O2S/c1-3-20-12(19)8-21-14-17-7-10(13(15)18-14)9(2)11-5-4-6-16-11/h4-7,9,16H,3,8H2,1-2H3,(H2,15,17,18). The van der Waals surface area contributed by atoms with Crippen molar-refractivity contribution in [2.24, 2.45) is 0 Å². The van der Waals surface area contributed by atoms with E-state index in [-0.39, 0.29) is 17.6 Å². The molecule has 2 aromatic rings. The van der Waals surface area contributed by atoms with E-state index in [2.05, 4.69) is 15.0 Å². The number of aromatic nitrogens is 3. The van der Waals surface area contributed by atoms with Crippen LogP contribution in [0.2, 0.25) is 0 Å². The van der Waals surface area contributed by atoms with E-state index in [0.29, 0.717) is 17.6 Å². The van der Waals surface area contributed by atoms with Crippen LogP contribution >= 0.6 is 11.8 Å². The molecule has 3 N–H and O–H groups in total. The van der Waals surface area contributed by atoms with Crippen molar-refractivity contribution in [3.63, 3.8) is 0 Å². The van der Waals surface area contributed by atoms with Gasteiger partial charge < -0.3 is 15.5 Å². The summed E-state index contributed by atoms with van der Waals surface area (Å²) in [5.41, 5.74) is 7.91. The van der Waals surface area contributed by atoms with E-state index in [1.54, 1.807) is 13.1 Å². The van der Waals surface area contributed by atoms with Gasteiger partial charge in [-0.05, 0) is 19.1 Å². The molecule has 0 fully saturated rings. The van der Waals surface area contributed by atoms with Gasteiger partial charge in [0.25, 0.3) is 0 Å². The zero-order chi connectivity index (χ0) is 15.2. The van der Waals surface area contributed by atoms with Crippen LogP contribution < -0.4 is 5.73 Å². The summed E-state index contributed by atoms with van der Waals surface area (Å²) in [7, 11) is 0. The highest BCUT2D eigenvalue weighted by atomic mass is 32.2. The van der Waals surface area contributed by atoms with E-state index in [9.17, 15) is 4.79 Å². The largest absolute Gasteiger partial charge is 0.465 e. The molecule has 0 saturated heterocycles. The number of nitrogens with one attached hydrogen (secondary N) is 1. The van der Waals surface area contributed by atoms with Gasteiger partial charge in [-0.1, -0.05) is 18.7 Å². The Morgan fingerprint density at radius 3 is 3.00 bits per heavy atom. The van der Waals surface area contributed by atoms with Gasteiger partial charge in [0.1, 0.15) is 5.82 Å². The van der Waals surface area contributed by atoms with E-state index in [1.807, 2.05) is 25.3 Å². The second kappa shape index (κ2) is 7.12. The Bertz CT molecular complexity index is 601. The summed E-state index contributed by atoms with van der Waals surface area (Å²) in [5, 5.41) is 0.475. The molecule has 1 unspecified atom stereocenters. The van der Waals surface area contributed by atoms with Crippen LogP contribution in [0.4, 0.5) is 5.82 Å². The highest BCUT2D eigenvalue weighted by Gasteiger charge is 2.15. The lowest BCUT2D eigenvalue weighted by Crippen LogP contribution is -2.09. The Kier molecular flexibility index (Phi) is 5.21. The monoisotopic (exact) mass is 306 g/mol. The smallest absolute Gasteiger partial charge is 0.316 e. The normalized spacial score (nSPS) is 12.1. The molecule has 0 saturated carbocycles. The van der Waals surface area contributed by atoms with E-state index < -0.39 is 0 Å². The molecule has 0 aromatic carbocycles. The lowest BCUT2D eigenvalue weighted by molar-refractivity contribution is -0.139. The highest BCUT2D eigenvalue weighted by molar-refractivity contribution is 7.99. The number of thioether (sulfide) groups is 1. The minimum absolute atomic E-state index is 0.0871. The van der Waals surface area contributed by atoms with Crippen LogP contribution in [0, 0.1) is 0 Å². The van der Waals surface area contributed by atoms with Crippen molar-refractivity contribution in [3.05, 3.63) is 35.8 Å². The Balaban J connectivity index is 2.05. The zero-order valence-corrected chi connectivity index (χ0v) is 12.8. The number of carbonyl (C=O) groups excluding carboxylic acids is 1. The topological polar surface area (TPSA) is 93.9 Å². The van der Waals surface area contributed by atoms with Crippen LogP contribution in [0.1, 0.15) is 31.0 Å². The molecule has 0 radical (unpaired) electrons. The molecule has 21 heavy (non-hydrogen) atoms. The summed E-state index contributed by atoms with van der Waals surface area (Å²) >= 11 is 1.22. The van der Waals surface area contributed by atoms with Gasteiger partial charge in [0.2, 0.25) is 0 Å². The molecule has 112 valence electrons. The van der Waals surface area contributed by atoms with Gasteiger partial charge in [-0.15, -0.1) is 0 Å². The van der Waals surface area contributed by atoms with Crippen LogP contribution in [0.5, 0.6) is 0 Å². The van der Waals surface area contributed by atoms with Gasteiger partial charge in [0, 0.05) is 29.6 Å². The molecule has 0 aliphatic rings. The van der Waals surface area contributed by atoms with E-state index in [0.717, 1.165) is 11.3 Å². The van der Waals surface area contributed by atoms with Gasteiger partial charge >= 0.3 is 5.97 Å². The van der Waals surface area contributed by atoms with Crippen molar-refractivity contribution in [2.45, 2.75) is 24.9 Å². The number of aromatic amines is 1. The van der Waals surface area contributed by atoms with Crippen molar-refractivity contribution >= 4 is 23.5 Å². The molecular formula is C14H18N4O2S.